The van der Waals surface area contributed by atoms with Crippen LogP contribution in [0.2, 0.25) is 0 Å². The number of carbonyl (C=O) groups excluding carboxylic acids is 4. The fourth-order valence-electron chi connectivity index (χ4n) is 4.79. The van der Waals surface area contributed by atoms with Crippen LogP contribution in [0.5, 0.6) is 0 Å². The molecule has 0 fully saturated rings. The number of Topliss-reactive ketones (excluding diaryl/α,β-unsaturated/α-hetero) is 4. The maximum absolute atomic E-state index is 12.9. The summed E-state index contributed by atoms with van der Waals surface area (Å²) in [6.45, 7) is 0. The molecule has 206 valence electrons. The van der Waals surface area contributed by atoms with E-state index in [1.54, 1.807) is 109 Å². The molecule has 0 atom stereocenters. The first-order valence-electron chi connectivity index (χ1n) is 13.6. The number of rotatable bonds is 9. The molecule has 0 amide bonds. The second-order valence-electron chi connectivity index (χ2n) is 9.88. The number of nitrogens with zero attached hydrogens (tertiary/aromatic N) is 1. The van der Waals surface area contributed by atoms with E-state index in [9.17, 15) is 19.2 Å². The summed E-state index contributed by atoms with van der Waals surface area (Å²) in [4.78, 5) is 59.4. The predicted molar refractivity (Wildman–Crippen MR) is 165 cm³/mol. The topological polar surface area (TPSA) is 97.0 Å². The average molecular weight is 561 g/mol. The van der Waals surface area contributed by atoms with Crippen LogP contribution in [-0.2, 0) is 0 Å². The molecule has 6 nitrogen and oxygen atoms in total. The Morgan fingerprint density at radius 2 is 0.767 bits per heavy atom. The highest BCUT2D eigenvalue weighted by Gasteiger charge is 2.21. The fourth-order valence-corrected chi connectivity index (χ4v) is 4.79. The highest BCUT2D eigenvalue weighted by molar-refractivity contribution is 6.49. The number of aromatic amines is 1. The second-order valence-corrected chi connectivity index (χ2v) is 9.88. The highest BCUT2D eigenvalue weighted by Crippen LogP contribution is 2.33. The number of H-pyrrole nitrogens is 1. The summed E-state index contributed by atoms with van der Waals surface area (Å²) in [6, 6.07) is 40.1. The zero-order chi connectivity index (χ0) is 29.8. The van der Waals surface area contributed by atoms with Crippen LogP contribution in [-0.4, -0.2) is 33.1 Å². The molecule has 5 aromatic carbocycles. The Bertz CT molecular complexity index is 1820. The molecule has 6 heteroatoms. The molecule has 6 aromatic rings. The highest BCUT2D eigenvalue weighted by atomic mass is 16.2. The molecule has 0 spiro atoms. The molecule has 6 rings (SSSR count). The van der Waals surface area contributed by atoms with Gasteiger partial charge in [0, 0.05) is 38.9 Å². The lowest BCUT2D eigenvalue weighted by Gasteiger charge is -2.06. The number of hydrogen-bond acceptors (Lipinski definition) is 5. The first-order chi connectivity index (χ1) is 21.0. The molecule has 1 aromatic heterocycles. The quantitative estimate of drug-likeness (QED) is 0.146. The minimum absolute atomic E-state index is 0.281. The van der Waals surface area contributed by atoms with E-state index < -0.39 is 23.1 Å². The minimum Gasteiger partial charge on any atom is -0.337 e. The van der Waals surface area contributed by atoms with Crippen molar-refractivity contribution in [1.29, 1.82) is 0 Å². The smallest absolute Gasteiger partial charge is 0.233 e. The summed E-state index contributed by atoms with van der Waals surface area (Å²) in [7, 11) is 0. The van der Waals surface area contributed by atoms with Crippen molar-refractivity contribution in [2.45, 2.75) is 0 Å². The van der Waals surface area contributed by atoms with E-state index in [-0.39, 0.29) is 11.1 Å². The number of imidazole rings is 1. The van der Waals surface area contributed by atoms with Gasteiger partial charge in [0.1, 0.15) is 5.82 Å². The largest absolute Gasteiger partial charge is 0.337 e. The van der Waals surface area contributed by atoms with E-state index in [1.807, 2.05) is 30.3 Å². The molecule has 0 saturated carbocycles. The van der Waals surface area contributed by atoms with E-state index in [0.29, 0.717) is 28.3 Å². The number of aromatic nitrogens is 2. The first-order valence-corrected chi connectivity index (χ1v) is 13.6. The molecule has 43 heavy (non-hydrogen) atoms. The molecular formula is C37H24N2O4. The van der Waals surface area contributed by atoms with Gasteiger partial charge in [-0.05, 0) is 0 Å². The fraction of sp³-hybridized carbons (Fsp3) is 0. The van der Waals surface area contributed by atoms with E-state index in [0.717, 1.165) is 16.7 Å². The van der Waals surface area contributed by atoms with E-state index in [4.69, 9.17) is 4.98 Å². The van der Waals surface area contributed by atoms with Crippen LogP contribution in [0, 0.1) is 0 Å². The SMILES string of the molecule is O=C(C(=O)c1ccc(-c2nc(-c3ccccc3)[nH]c2-c2ccc(C(=O)C(=O)c3ccccc3)cc2)cc1)c1ccccc1. The summed E-state index contributed by atoms with van der Waals surface area (Å²) >= 11 is 0. The van der Waals surface area contributed by atoms with Crippen molar-refractivity contribution in [1.82, 2.24) is 9.97 Å². The van der Waals surface area contributed by atoms with Crippen LogP contribution in [0.15, 0.2) is 140 Å². The molecule has 0 bridgehead atoms. The lowest BCUT2D eigenvalue weighted by atomic mass is 9.97. The van der Waals surface area contributed by atoms with Crippen molar-refractivity contribution >= 4 is 23.1 Å². The summed E-state index contributed by atoms with van der Waals surface area (Å²) in [5.74, 6) is -1.67. The van der Waals surface area contributed by atoms with E-state index in [1.165, 1.54) is 0 Å². The first kappa shape index (κ1) is 27.2. The van der Waals surface area contributed by atoms with Gasteiger partial charge in [-0.25, -0.2) is 4.98 Å². The molecule has 0 saturated heterocycles. The molecule has 0 aliphatic heterocycles. The van der Waals surface area contributed by atoms with Crippen LogP contribution in [0.1, 0.15) is 41.4 Å². The Kier molecular flexibility index (Phi) is 7.49. The third-order valence-corrected chi connectivity index (χ3v) is 7.09. The monoisotopic (exact) mass is 560 g/mol. The Morgan fingerprint density at radius 3 is 1.21 bits per heavy atom. The molecule has 0 unspecified atom stereocenters. The van der Waals surface area contributed by atoms with Crippen LogP contribution < -0.4 is 0 Å². The van der Waals surface area contributed by atoms with Crippen molar-refractivity contribution in [2.24, 2.45) is 0 Å². The average Bonchev–Trinajstić information content (AvgIpc) is 3.54. The summed E-state index contributed by atoms with van der Waals surface area (Å²) in [5.41, 5.74) is 4.95. The van der Waals surface area contributed by atoms with Gasteiger partial charge < -0.3 is 4.98 Å². The normalized spacial score (nSPS) is 10.7. The van der Waals surface area contributed by atoms with Crippen molar-refractivity contribution < 1.29 is 19.2 Å². The summed E-state index contributed by atoms with van der Waals surface area (Å²) in [5, 5.41) is 0. The molecule has 1 heterocycles. The van der Waals surface area contributed by atoms with Crippen LogP contribution in [0.3, 0.4) is 0 Å². The summed E-state index contributed by atoms with van der Waals surface area (Å²) < 4.78 is 0. The number of hydrogen-bond donors (Lipinski definition) is 1. The van der Waals surface area contributed by atoms with Gasteiger partial charge >= 0.3 is 0 Å². The van der Waals surface area contributed by atoms with Gasteiger partial charge in [0.2, 0.25) is 23.1 Å². The van der Waals surface area contributed by atoms with Crippen LogP contribution >= 0.6 is 0 Å². The Balaban J connectivity index is 1.33. The van der Waals surface area contributed by atoms with E-state index >= 15 is 0 Å². The lowest BCUT2D eigenvalue weighted by Crippen LogP contribution is -2.14. The van der Waals surface area contributed by atoms with Crippen LogP contribution in [0.25, 0.3) is 33.9 Å². The minimum atomic E-state index is -0.588. The van der Waals surface area contributed by atoms with Crippen molar-refractivity contribution in [2.75, 3.05) is 0 Å². The number of benzene rings is 5. The predicted octanol–water partition coefficient (Wildman–Crippen LogP) is 7.54. The maximum Gasteiger partial charge on any atom is 0.233 e. The molecule has 0 aliphatic carbocycles. The molecule has 1 N–H and O–H groups in total. The van der Waals surface area contributed by atoms with Gasteiger partial charge in [0.15, 0.2) is 0 Å². The van der Waals surface area contributed by atoms with Gasteiger partial charge in [-0.2, -0.15) is 0 Å². The standard InChI is InChI=1S/C37H24N2O4/c40-33(26-10-4-1-5-11-26)35(42)28-20-16-24(17-21-28)31-32(39-37(38-31)30-14-8-3-9-15-30)25-18-22-29(23-19-25)36(43)34(41)27-12-6-2-7-13-27/h1-23H,(H,38,39). The lowest BCUT2D eigenvalue weighted by molar-refractivity contribution is 0.0817. The van der Waals surface area contributed by atoms with Gasteiger partial charge in [-0.1, -0.05) is 140 Å². The van der Waals surface area contributed by atoms with E-state index in [2.05, 4.69) is 4.98 Å². The van der Waals surface area contributed by atoms with Crippen molar-refractivity contribution in [3.8, 4) is 33.9 Å². The Morgan fingerprint density at radius 1 is 0.395 bits per heavy atom. The van der Waals surface area contributed by atoms with Gasteiger partial charge in [0.05, 0.1) is 11.4 Å². The van der Waals surface area contributed by atoms with Gasteiger partial charge in [0.25, 0.3) is 0 Å². The number of nitrogens with one attached hydrogen (secondary N) is 1. The molecule has 0 radical (unpaired) electrons. The molecule has 0 aliphatic rings. The Hall–Kier alpha value is -6.01. The second kappa shape index (κ2) is 11.8. The number of ketones is 4. The zero-order valence-corrected chi connectivity index (χ0v) is 22.9. The third-order valence-electron chi connectivity index (χ3n) is 7.09. The maximum atomic E-state index is 12.9. The van der Waals surface area contributed by atoms with Gasteiger partial charge in [-0.15, -0.1) is 0 Å². The molecular weight excluding hydrogens is 536 g/mol. The van der Waals surface area contributed by atoms with Crippen LogP contribution in [0.4, 0.5) is 0 Å². The number of carbonyl (C=O) groups is 4. The Labute approximate surface area is 247 Å². The zero-order valence-electron chi connectivity index (χ0n) is 22.9. The third kappa shape index (κ3) is 5.62. The van der Waals surface area contributed by atoms with Crippen molar-refractivity contribution in [3.63, 3.8) is 0 Å². The van der Waals surface area contributed by atoms with Gasteiger partial charge in [-0.3, -0.25) is 19.2 Å². The summed E-state index contributed by atoms with van der Waals surface area (Å²) in [6.07, 6.45) is 0. The van der Waals surface area contributed by atoms with Crippen molar-refractivity contribution in [3.05, 3.63) is 162 Å².